The van der Waals surface area contributed by atoms with E-state index in [2.05, 4.69) is 29.8 Å². The molecule has 0 saturated heterocycles. The third kappa shape index (κ3) is 37.0. The molecule has 0 aliphatic carbocycles. The summed E-state index contributed by atoms with van der Waals surface area (Å²) in [4.78, 5) is 55.8. The summed E-state index contributed by atoms with van der Waals surface area (Å²) in [5.74, 6) is -0.394. The van der Waals surface area contributed by atoms with Crippen LogP contribution in [0.2, 0.25) is 0 Å². The Balaban J connectivity index is 4.58. The quantitative estimate of drug-likeness (QED) is 0.0296. The zero-order valence-corrected chi connectivity index (χ0v) is 36.7. The van der Waals surface area contributed by atoms with Gasteiger partial charge in [-0.2, -0.15) is 11.8 Å². The molecule has 0 bridgehead atoms. The van der Waals surface area contributed by atoms with Crippen molar-refractivity contribution >= 4 is 37.1 Å². The molecule has 14 nitrogen and oxygen atoms in total. The molecule has 0 heterocycles. The first-order valence-electron chi connectivity index (χ1n) is 21.6. The van der Waals surface area contributed by atoms with E-state index < -0.39 is 38.1 Å². The summed E-state index contributed by atoms with van der Waals surface area (Å²) in [5.41, 5.74) is 6.15. The first-order chi connectivity index (χ1) is 27.0. The minimum Gasteiger partial charge on any atom is -0.394 e. The Labute approximate surface area is 343 Å². The number of hydrogen-bond donors (Lipinski definition) is 7. The van der Waals surface area contributed by atoms with Crippen LogP contribution in [-0.4, -0.2) is 121 Å². The van der Waals surface area contributed by atoms with Gasteiger partial charge >= 0.3 is 7.60 Å². The van der Waals surface area contributed by atoms with Gasteiger partial charge in [0.05, 0.1) is 57.9 Å². The standard InChI is InChI=1S/C40H81N4O10PS/c1-3-5-7-9-11-13-15-17-19-21-23-38(46)43-35(32-54-25-22-20-18-16-14-12-10-8-6-4-2)33-56-34-36(41)39(47)44-37(31-45)40(48)42-24-26-52-27-28-53-29-30-55(49,50)51/h35-37,45H,3-34,41H2,1-2H3,(H,42,48)(H,43,46)(H,44,47)(H2,49,50,51)/t35-,36+,37+/m1/s1. The minimum atomic E-state index is -4.10. The Hall–Kier alpha value is -1.29. The van der Waals surface area contributed by atoms with Crippen LogP contribution in [0.4, 0.5) is 0 Å². The molecule has 16 heteroatoms. The van der Waals surface area contributed by atoms with Crippen molar-refractivity contribution in [2.75, 3.05) is 70.5 Å². The van der Waals surface area contributed by atoms with Crippen molar-refractivity contribution in [3.8, 4) is 0 Å². The number of thioether (sulfide) groups is 1. The molecule has 0 aromatic rings. The van der Waals surface area contributed by atoms with E-state index in [0.717, 1.165) is 32.1 Å². The second-order valence-electron chi connectivity index (χ2n) is 14.7. The van der Waals surface area contributed by atoms with Gasteiger partial charge < -0.3 is 50.8 Å². The first kappa shape index (κ1) is 54.7. The normalized spacial score (nSPS) is 13.3. The van der Waals surface area contributed by atoms with Crippen molar-refractivity contribution < 1.29 is 48.1 Å². The fourth-order valence-electron chi connectivity index (χ4n) is 5.88. The maximum Gasteiger partial charge on any atom is 0.327 e. The molecule has 0 aliphatic rings. The fraction of sp³-hybridized carbons (Fsp3) is 0.925. The number of carbonyl (C=O) groups excluding carboxylic acids is 3. The lowest BCUT2D eigenvalue weighted by atomic mass is 10.1. The fourth-order valence-corrected chi connectivity index (χ4v) is 7.25. The topological polar surface area (TPSA) is 219 Å². The summed E-state index contributed by atoms with van der Waals surface area (Å²) in [7, 11) is -4.10. The average Bonchev–Trinajstić information content (AvgIpc) is 3.16. The van der Waals surface area contributed by atoms with Crippen LogP contribution < -0.4 is 21.7 Å². The monoisotopic (exact) mass is 841 g/mol. The highest BCUT2D eigenvalue weighted by atomic mass is 32.2. The minimum absolute atomic E-state index is 0.00783. The van der Waals surface area contributed by atoms with Crippen molar-refractivity contribution in [2.24, 2.45) is 5.73 Å². The second-order valence-corrected chi connectivity index (χ2v) is 17.6. The zero-order valence-electron chi connectivity index (χ0n) is 35.0. The number of rotatable bonds is 42. The zero-order chi connectivity index (χ0) is 41.5. The molecule has 0 spiro atoms. The highest BCUT2D eigenvalue weighted by Crippen LogP contribution is 2.33. The lowest BCUT2D eigenvalue weighted by Crippen LogP contribution is -2.54. The van der Waals surface area contributed by atoms with E-state index in [1.165, 1.54) is 108 Å². The molecule has 0 saturated carbocycles. The van der Waals surface area contributed by atoms with Crippen LogP contribution in [0.15, 0.2) is 0 Å². The van der Waals surface area contributed by atoms with Gasteiger partial charge in [-0.1, -0.05) is 129 Å². The van der Waals surface area contributed by atoms with E-state index in [9.17, 15) is 24.1 Å². The first-order valence-corrected chi connectivity index (χ1v) is 24.6. The highest BCUT2D eigenvalue weighted by molar-refractivity contribution is 7.99. The number of ether oxygens (including phenoxy) is 3. The predicted molar refractivity (Wildman–Crippen MR) is 227 cm³/mol. The molecule has 0 aromatic carbocycles. The smallest absolute Gasteiger partial charge is 0.327 e. The van der Waals surface area contributed by atoms with Crippen molar-refractivity contribution in [3.05, 3.63) is 0 Å². The summed E-state index contributed by atoms with van der Waals surface area (Å²) in [6.07, 6.45) is 24.7. The van der Waals surface area contributed by atoms with Crippen LogP contribution in [-0.2, 0) is 33.2 Å². The Kier molecular flexibility index (Phi) is 38.3. The molecule has 3 amide bonds. The number of nitrogens with one attached hydrogen (secondary N) is 3. The molecule has 0 aliphatic heterocycles. The van der Waals surface area contributed by atoms with Crippen LogP contribution in [0.3, 0.4) is 0 Å². The maximum absolute atomic E-state index is 12.9. The van der Waals surface area contributed by atoms with Gasteiger partial charge in [-0.3, -0.25) is 18.9 Å². The van der Waals surface area contributed by atoms with E-state index in [4.69, 9.17) is 29.7 Å². The summed E-state index contributed by atoms with van der Waals surface area (Å²) >= 11 is 1.43. The Bertz CT molecular complexity index is 997. The van der Waals surface area contributed by atoms with E-state index in [-0.39, 0.29) is 56.8 Å². The molecule has 56 heavy (non-hydrogen) atoms. The van der Waals surface area contributed by atoms with Crippen LogP contribution >= 0.6 is 19.4 Å². The number of aliphatic hydroxyl groups excluding tert-OH is 1. The number of amides is 3. The van der Waals surface area contributed by atoms with Gasteiger partial charge in [-0.05, 0) is 12.8 Å². The van der Waals surface area contributed by atoms with Crippen molar-refractivity contribution in [3.63, 3.8) is 0 Å². The van der Waals surface area contributed by atoms with Crippen LogP contribution in [0, 0.1) is 0 Å². The maximum atomic E-state index is 12.9. The van der Waals surface area contributed by atoms with Gasteiger partial charge in [0, 0.05) is 31.1 Å². The molecule has 3 atom stereocenters. The number of carbonyl (C=O) groups is 3. The van der Waals surface area contributed by atoms with Gasteiger partial charge in [0.2, 0.25) is 17.7 Å². The Morgan fingerprint density at radius 3 is 1.70 bits per heavy atom. The van der Waals surface area contributed by atoms with E-state index in [0.29, 0.717) is 25.4 Å². The van der Waals surface area contributed by atoms with Crippen LogP contribution in [0.1, 0.15) is 149 Å². The molecule has 0 rings (SSSR count). The van der Waals surface area contributed by atoms with Gasteiger partial charge in [0.15, 0.2) is 0 Å². The SMILES string of the molecule is CCCCCCCCCCCCOC[C@H](CSC[C@H](N)C(=O)N[C@@H](CO)C(=O)NCCOCCOCCP(=O)(O)O)NC(=O)CCCCCCCCCCCC. The summed E-state index contributed by atoms with van der Waals surface area (Å²) in [6.45, 7) is 5.34. The largest absolute Gasteiger partial charge is 0.394 e. The van der Waals surface area contributed by atoms with Crippen molar-refractivity contribution in [1.82, 2.24) is 16.0 Å². The van der Waals surface area contributed by atoms with Crippen molar-refractivity contribution in [2.45, 2.75) is 167 Å². The predicted octanol–water partition coefficient (Wildman–Crippen LogP) is 5.58. The number of hydrogen-bond acceptors (Lipinski definition) is 10. The van der Waals surface area contributed by atoms with E-state index in [1.807, 2.05) is 0 Å². The Morgan fingerprint density at radius 1 is 0.643 bits per heavy atom. The van der Waals surface area contributed by atoms with Gasteiger partial charge in [-0.15, -0.1) is 0 Å². The van der Waals surface area contributed by atoms with E-state index >= 15 is 0 Å². The lowest BCUT2D eigenvalue weighted by Gasteiger charge is -2.21. The molecule has 332 valence electrons. The lowest BCUT2D eigenvalue weighted by molar-refractivity contribution is -0.130. The number of aliphatic hydroxyl groups is 1. The van der Waals surface area contributed by atoms with Gasteiger partial charge in [0.1, 0.15) is 6.04 Å². The summed E-state index contributed by atoms with van der Waals surface area (Å²) in [5, 5.41) is 17.9. The summed E-state index contributed by atoms with van der Waals surface area (Å²) < 4.78 is 27.2. The third-order valence-corrected chi connectivity index (χ3v) is 11.3. The van der Waals surface area contributed by atoms with Crippen LogP contribution in [0.5, 0.6) is 0 Å². The number of nitrogens with two attached hydrogens (primary N) is 1. The van der Waals surface area contributed by atoms with Crippen LogP contribution in [0.25, 0.3) is 0 Å². The second kappa shape index (κ2) is 39.2. The van der Waals surface area contributed by atoms with E-state index in [1.54, 1.807) is 0 Å². The van der Waals surface area contributed by atoms with Gasteiger partial charge in [0.25, 0.3) is 0 Å². The Morgan fingerprint density at radius 2 is 1.16 bits per heavy atom. The number of unbranched alkanes of at least 4 members (excludes halogenated alkanes) is 18. The van der Waals surface area contributed by atoms with Gasteiger partial charge in [-0.25, -0.2) is 0 Å². The average molecular weight is 841 g/mol. The molecular formula is C40H81N4O10PS. The highest BCUT2D eigenvalue weighted by Gasteiger charge is 2.23. The van der Waals surface area contributed by atoms with Crippen molar-refractivity contribution in [1.29, 1.82) is 0 Å². The molecular weight excluding hydrogens is 759 g/mol. The summed E-state index contributed by atoms with van der Waals surface area (Å²) in [6, 6.07) is -2.35. The molecule has 0 unspecified atom stereocenters. The molecule has 0 aromatic heterocycles. The molecule has 0 fully saturated rings. The third-order valence-electron chi connectivity index (χ3n) is 9.30. The molecule has 0 radical (unpaired) electrons. The molecule has 8 N–H and O–H groups in total.